The molecule has 2 aliphatic heterocycles. The van der Waals surface area contributed by atoms with Gasteiger partial charge in [0.25, 0.3) is 5.91 Å². The van der Waals surface area contributed by atoms with Gasteiger partial charge in [-0.2, -0.15) is 16.9 Å². The molecule has 156 valence electrons. The third kappa shape index (κ3) is 4.45. The number of aromatic nitrogens is 2. The van der Waals surface area contributed by atoms with E-state index >= 15 is 0 Å². The van der Waals surface area contributed by atoms with Crippen LogP contribution in [-0.4, -0.2) is 42.2 Å². The number of sulfone groups is 1. The topological polar surface area (TPSA) is 90.3 Å². The minimum absolute atomic E-state index is 0.0768. The van der Waals surface area contributed by atoms with E-state index in [0.717, 1.165) is 41.4 Å². The van der Waals surface area contributed by atoms with Crippen molar-refractivity contribution in [2.24, 2.45) is 0 Å². The van der Waals surface area contributed by atoms with Gasteiger partial charge >= 0.3 is 0 Å². The Morgan fingerprint density at radius 3 is 2.79 bits per heavy atom. The summed E-state index contributed by atoms with van der Waals surface area (Å²) in [6, 6.07) is 6.86. The van der Waals surface area contributed by atoms with Crippen LogP contribution in [0.1, 0.15) is 53.8 Å². The molecule has 7 nitrogen and oxygen atoms in total. The molecule has 29 heavy (non-hydrogen) atoms. The van der Waals surface area contributed by atoms with Crippen molar-refractivity contribution >= 4 is 33.3 Å². The van der Waals surface area contributed by atoms with Crippen LogP contribution in [0.4, 0.5) is 5.82 Å². The van der Waals surface area contributed by atoms with E-state index < -0.39 is 9.84 Å². The highest BCUT2D eigenvalue weighted by Gasteiger charge is 2.34. The van der Waals surface area contributed by atoms with Crippen LogP contribution in [0, 0.1) is 0 Å². The van der Waals surface area contributed by atoms with Crippen molar-refractivity contribution in [3.05, 3.63) is 41.1 Å². The van der Waals surface area contributed by atoms with Gasteiger partial charge in [-0.05, 0) is 37.1 Å². The Hall–Kier alpha value is -2.00. The number of carbonyl (C=O) groups excluding carboxylic acids is 1. The lowest BCUT2D eigenvalue weighted by atomic mass is 10.2. The summed E-state index contributed by atoms with van der Waals surface area (Å²) in [6.07, 6.45) is 2.59. The van der Waals surface area contributed by atoms with Crippen molar-refractivity contribution in [1.29, 1.82) is 0 Å². The van der Waals surface area contributed by atoms with Gasteiger partial charge in [-0.15, -0.1) is 0 Å². The van der Waals surface area contributed by atoms with Gasteiger partial charge in [-0.25, -0.2) is 13.1 Å². The van der Waals surface area contributed by atoms with E-state index in [1.165, 1.54) is 0 Å². The second kappa shape index (κ2) is 8.39. The predicted octanol–water partition coefficient (Wildman–Crippen LogP) is 3.42. The zero-order valence-corrected chi connectivity index (χ0v) is 18.0. The molecule has 1 atom stereocenters. The summed E-state index contributed by atoms with van der Waals surface area (Å²) in [5.74, 6) is 2.96. The molecule has 2 aliphatic rings. The number of benzene rings is 1. The number of nitrogens with one attached hydrogen (secondary N) is 1. The first-order chi connectivity index (χ1) is 14.0. The molecule has 1 aromatic carbocycles. The van der Waals surface area contributed by atoms with Gasteiger partial charge in [-0.3, -0.25) is 4.79 Å². The highest BCUT2D eigenvalue weighted by molar-refractivity contribution is 7.98. The normalized spacial score (nSPS) is 19.8. The molecule has 0 saturated carbocycles. The number of fused-ring (bicyclic) bond motifs is 1. The summed E-state index contributed by atoms with van der Waals surface area (Å²) >= 11 is 1.75. The number of carbonyl (C=O) groups is 1. The van der Waals surface area contributed by atoms with Gasteiger partial charge in [0.05, 0.1) is 29.8 Å². The Balaban J connectivity index is 1.52. The van der Waals surface area contributed by atoms with Crippen LogP contribution in [0.15, 0.2) is 24.3 Å². The molecule has 9 heteroatoms. The number of hydrogen-bond donors (Lipinski definition) is 1. The Bertz CT molecular complexity index is 999. The van der Waals surface area contributed by atoms with Crippen molar-refractivity contribution in [3.8, 4) is 5.75 Å². The molecule has 3 heterocycles. The Morgan fingerprint density at radius 1 is 1.31 bits per heavy atom. The second-order valence-electron chi connectivity index (χ2n) is 7.45. The summed E-state index contributed by atoms with van der Waals surface area (Å²) in [4.78, 5) is 12.9. The molecule has 0 bridgehead atoms. The van der Waals surface area contributed by atoms with Crippen LogP contribution in [0.3, 0.4) is 0 Å². The lowest BCUT2D eigenvalue weighted by molar-refractivity contribution is 0.102. The molecule has 4 rings (SSSR count). The van der Waals surface area contributed by atoms with Crippen LogP contribution in [0.2, 0.25) is 0 Å². The van der Waals surface area contributed by atoms with Gasteiger partial charge in [0.15, 0.2) is 9.84 Å². The summed E-state index contributed by atoms with van der Waals surface area (Å²) in [5, 5.41) is 7.63. The summed E-state index contributed by atoms with van der Waals surface area (Å²) < 4.78 is 31.2. The summed E-state index contributed by atoms with van der Waals surface area (Å²) in [6.45, 7) is 2.77. The number of amides is 1. The van der Waals surface area contributed by atoms with Crippen LogP contribution in [0.5, 0.6) is 5.75 Å². The second-order valence-corrected chi connectivity index (χ2v) is 10.7. The Kier molecular flexibility index (Phi) is 5.87. The molecule has 1 saturated heterocycles. The molecule has 1 aromatic heterocycles. The van der Waals surface area contributed by atoms with Crippen LogP contribution in [0.25, 0.3) is 0 Å². The van der Waals surface area contributed by atoms with E-state index in [1.54, 1.807) is 40.7 Å². The van der Waals surface area contributed by atoms with Crippen molar-refractivity contribution in [2.75, 3.05) is 23.4 Å². The minimum Gasteiger partial charge on any atom is -0.494 e. The molecule has 1 unspecified atom stereocenters. The maximum absolute atomic E-state index is 12.9. The maximum atomic E-state index is 12.9. The van der Waals surface area contributed by atoms with Crippen LogP contribution in [-0.2, 0) is 21.3 Å². The number of nitrogens with zero attached hydrogens (tertiary/aromatic N) is 2. The zero-order valence-electron chi connectivity index (χ0n) is 16.4. The first-order valence-electron chi connectivity index (χ1n) is 9.89. The average Bonchev–Trinajstić information content (AvgIpc) is 3.38. The fourth-order valence-corrected chi connectivity index (χ4v) is 6.34. The van der Waals surface area contributed by atoms with Crippen LogP contribution < -0.4 is 10.1 Å². The highest BCUT2D eigenvalue weighted by atomic mass is 32.2. The quantitative estimate of drug-likeness (QED) is 0.670. The number of anilines is 1. The number of ether oxygens (including phenoxy) is 1. The number of unbranched alkanes of at least 4 members (excludes halogenated alkanes) is 1. The lowest BCUT2D eigenvalue weighted by Crippen LogP contribution is -2.20. The van der Waals surface area contributed by atoms with Gasteiger partial charge in [-0.1, -0.05) is 13.3 Å². The van der Waals surface area contributed by atoms with Gasteiger partial charge in [0, 0.05) is 22.6 Å². The zero-order chi connectivity index (χ0) is 20.4. The highest BCUT2D eigenvalue weighted by Crippen LogP contribution is 2.38. The third-order valence-corrected chi connectivity index (χ3v) is 7.97. The van der Waals surface area contributed by atoms with Crippen molar-refractivity contribution in [1.82, 2.24) is 9.78 Å². The predicted molar refractivity (Wildman–Crippen MR) is 114 cm³/mol. The van der Waals surface area contributed by atoms with E-state index in [9.17, 15) is 13.2 Å². The molecule has 2 aromatic rings. The number of rotatable bonds is 7. The number of thioether (sulfide) groups is 1. The SMILES string of the molecule is CCCCOc1ccc(C(=O)Nc2c3c(nn2C2CCS(=O)(=O)C2)CSC3)cc1. The molecule has 1 amide bonds. The van der Waals surface area contributed by atoms with Crippen molar-refractivity contribution in [3.63, 3.8) is 0 Å². The Morgan fingerprint density at radius 2 is 2.10 bits per heavy atom. The third-order valence-electron chi connectivity index (χ3n) is 5.25. The van der Waals surface area contributed by atoms with Gasteiger partial charge in [0.1, 0.15) is 11.6 Å². The molecule has 1 fully saturated rings. The lowest BCUT2D eigenvalue weighted by Gasteiger charge is -2.15. The number of hydrogen-bond acceptors (Lipinski definition) is 6. The summed E-state index contributed by atoms with van der Waals surface area (Å²) in [5.41, 5.74) is 2.47. The van der Waals surface area contributed by atoms with Crippen molar-refractivity contribution in [2.45, 2.75) is 43.7 Å². The molecule has 0 aliphatic carbocycles. The first-order valence-corrected chi connectivity index (χ1v) is 12.9. The van der Waals surface area contributed by atoms with E-state index in [-0.39, 0.29) is 23.5 Å². The van der Waals surface area contributed by atoms with Gasteiger partial charge < -0.3 is 10.1 Å². The first kappa shape index (κ1) is 20.3. The molecular weight excluding hydrogens is 410 g/mol. The molecule has 0 spiro atoms. The van der Waals surface area contributed by atoms with E-state index in [4.69, 9.17) is 4.74 Å². The molecular formula is C20H25N3O4S2. The maximum Gasteiger partial charge on any atom is 0.256 e. The van der Waals surface area contributed by atoms with Crippen molar-refractivity contribution < 1.29 is 17.9 Å². The van der Waals surface area contributed by atoms with Gasteiger partial charge in [0.2, 0.25) is 0 Å². The molecule has 1 N–H and O–H groups in total. The fraction of sp³-hybridized carbons (Fsp3) is 0.500. The van der Waals surface area contributed by atoms with E-state index in [2.05, 4.69) is 17.3 Å². The summed E-state index contributed by atoms with van der Waals surface area (Å²) in [7, 11) is -3.04. The monoisotopic (exact) mass is 435 g/mol. The van der Waals surface area contributed by atoms with E-state index in [0.29, 0.717) is 24.4 Å². The minimum atomic E-state index is -3.04. The largest absolute Gasteiger partial charge is 0.494 e. The standard InChI is InChI=1S/C20H25N3O4S2/c1-2-3-9-27-16-6-4-14(5-7-16)20(24)21-19-17-11-28-12-18(17)22-23(19)15-8-10-29(25,26)13-15/h4-7,15H,2-3,8-13H2,1H3,(H,21,24). The average molecular weight is 436 g/mol. The van der Waals surface area contributed by atoms with Crippen LogP contribution >= 0.6 is 11.8 Å². The van der Waals surface area contributed by atoms with E-state index in [1.807, 2.05) is 0 Å². The fourth-order valence-electron chi connectivity index (χ4n) is 3.61. The smallest absolute Gasteiger partial charge is 0.256 e. The Labute approximate surface area is 175 Å². The molecule has 0 radical (unpaired) electrons.